The van der Waals surface area contributed by atoms with E-state index in [4.69, 9.17) is 9.47 Å². The van der Waals surface area contributed by atoms with Crippen LogP contribution in [0.1, 0.15) is 36.8 Å². The van der Waals surface area contributed by atoms with Gasteiger partial charge in [-0.1, -0.05) is 36.4 Å². The number of para-hydroxylation sites is 1. The summed E-state index contributed by atoms with van der Waals surface area (Å²) in [6, 6.07) is 23.5. The summed E-state index contributed by atoms with van der Waals surface area (Å²) in [6.45, 7) is 1.54. The van der Waals surface area contributed by atoms with Crippen molar-refractivity contribution in [2.45, 2.75) is 57.0 Å². The number of nitrogens with zero attached hydrogens (tertiary/aromatic N) is 2. The average molecular weight is 430 g/mol. The predicted molar refractivity (Wildman–Crippen MR) is 126 cm³/mol. The van der Waals surface area contributed by atoms with Crippen LogP contribution < -0.4 is 14.8 Å². The molecule has 0 amide bonds. The number of aromatic nitrogens is 1. The first-order valence-corrected chi connectivity index (χ1v) is 11.6. The fourth-order valence-electron chi connectivity index (χ4n) is 4.92. The van der Waals surface area contributed by atoms with Crippen LogP contribution in [0.4, 0.5) is 0 Å². The van der Waals surface area contributed by atoms with Crippen LogP contribution in [0.3, 0.4) is 0 Å². The summed E-state index contributed by atoms with van der Waals surface area (Å²) >= 11 is 0. The summed E-state index contributed by atoms with van der Waals surface area (Å²) in [4.78, 5) is 6.97. The van der Waals surface area contributed by atoms with Crippen LogP contribution in [-0.4, -0.2) is 35.1 Å². The fraction of sp³-hybridized carbons (Fsp3) is 0.370. The zero-order chi connectivity index (χ0) is 21.8. The highest BCUT2D eigenvalue weighted by Crippen LogP contribution is 2.36. The first-order chi connectivity index (χ1) is 15.7. The molecule has 2 aliphatic heterocycles. The van der Waals surface area contributed by atoms with E-state index in [0.29, 0.717) is 24.1 Å². The molecule has 0 radical (unpaired) electrons. The molecule has 1 aromatic heterocycles. The topological polar surface area (TPSA) is 46.6 Å². The van der Waals surface area contributed by atoms with E-state index < -0.39 is 0 Å². The maximum absolute atomic E-state index is 6.37. The van der Waals surface area contributed by atoms with Crippen molar-refractivity contribution in [2.24, 2.45) is 0 Å². The maximum atomic E-state index is 6.37. The third-order valence-corrected chi connectivity index (χ3v) is 6.68. The van der Waals surface area contributed by atoms with Gasteiger partial charge in [-0.25, -0.2) is 4.98 Å². The molecule has 2 fully saturated rings. The van der Waals surface area contributed by atoms with E-state index >= 15 is 0 Å². The second-order valence-corrected chi connectivity index (χ2v) is 8.93. The Labute approximate surface area is 190 Å². The molecule has 166 valence electrons. The molecule has 5 heteroatoms. The molecule has 2 bridgehead atoms. The minimum Gasteiger partial charge on any atom is -0.490 e. The van der Waals surface area contributed by atoms with Gasteiger partial charge in [0, 0.05) is 37.4 Å². The molecule has 5 rings (SSSR count). The van der Waals surface area contributed by atoms with Gasteiger partial charge in [-0.2, -0.15) is 0 Å². The van der Waals surface area contributed by atoms with Crippen LogP contribution >= 0.6 is 0 Å². The molecular formula is C27H31N3O2. The normalized spacial score (nSPS) is 22.6. The van der Waals surface area contributed by atoms with Crippen molar-refractivity contribution in [3.05, 3.63) is 84.1 Å². The molecule has 3 atom stereocenters. The second kappa shape index (κ2) is 9.72. The monoisotopic (exact) mass is 429 g/mol. The summed E-state index contributed by atoms with van der Waals surface area (Å²) in [6.07, 6.45) is 7.13. The van der Waals surface area contributed by atoms with Gasteiger partial charge in [0.2, 0.25) is 5.88 Å². The largest absolute Gasteiger partial charge is 0.490 e. The smallest absolute Gasteiger partial charge is 0.219 e. The van der Waals surface area contributed by atoms with Crippen LogP contribution in [0, 0.1) is 0 Å². The number of hydrogen-bond donors (Lipinski definition) is 1. The highest BCUT2D eigenvalue weighted by atomic mass is 16.5. The summed E-state index contributed by atoms with van der Waals surface area (Å²) in [5, 5.41) is 3.50. The van der Waals surface area contributed by atoms with Gasteiger partial charge in [0.05, 0.1) is 0 Å². The molecule has 1 N–H and O–H groups in total. The summed E-state index contributed by atoms with van der Waals surface area (Å²) in [5.41, 5.74) is 2.36. The van der Waals surface area contributed by atoms with Gasteiger partial charge in [0.1, 0.15) is 17.6 Å². The number of fused-ring (bicyclic) bond motifs is 2. The first kappa shape index (κ1) is 21.0. The lowest BCUT2D eigenvalue weighted by atomic mass is 10.0. The Hall–Kier alpha value is -2.89. The Balaban J connectivity index is 1.10. The van der Waals surface area contributed by atoms with Crippen LogP contribution in [-0.2, 0) is 13.1 Å². The summed E-state index contributed by atoms with van der Waals surface area (Å²) in [5.74, 6) is 2.38. The lowest BCUT2D eigenvalue weighted by molar-refractivity contribution is 0.0661. The Morgan fingerprint density at radius 2 is 1.62 bits per heavy atom. The number of piperidine rings is 1. The van der Waals surface area contributed by atoms with E-state index in [2.05, 4.69) is 46.5 Å². The summed E-state index contributed by atoms with van der Waals surface area (Å²) < 4.78 is 12.1. The van der Waals surface area contributed by atoms with Gasteiger partial charge in [-0.05, 0) is 68.1 Å². The van der Waals surface area contributed by atoms with E-state index in [-0.39, 0.29) is 0 Å². The van der Waals surface area contributed by atoms with Crippen molar-refractivity contribution < 1.29 is 9.47 Å². The quantitative estimate of drug-likeness (QED) is 0.535. The number of rotatable bonds is 8. The van der Waals surface area contributed by atoms with Gasteiger partial charge in [0.15, 0.2) is 0 Å². The molecule has 2 aromatic carbocycles. The minimum absolute atomic E-state index is 0.342. The zero-order valence-electron chi connectivity index (χ0n) is 18.6. The standard InChI is InChI=1S/C27H31N3O2/c1-30-22-11-12-23(30)16-26(15-22)31-25-9-5-6-20(14-25)17-28-18-21-10-13-27(29-19-21)32-24-7-3-2-4-8-24/h2-10,13-14,19,22-23,26,28H,11-12,15-18H2,1H3/t22-,23+,26-. The Morgan fingerprint density at radius 1 is 0.875 bits per heavy atom. The molecule has 0 aliphatic carbocycles. The van der Waals surface area contributed by atoms with Gasteiger partial charge in [-0.3, -0.25) is 0 Å². The van der Waals surface area contributed by atoms with Crippen LogP contribution in [0.15, 0.2) is 72.9 Å². The van der Waals surface area contributed by atoms with Gasteiger partial charge in [-0.15, -0.1) is 0 Å². The predicted octanol–water partition coefficient (Wildman–Crippen LogP) is 5.17. The number of ether oxygens (including phenoxy) is 2. The summed E-state index contributed by atoms with van der Waals surface area (Å²) in [7, 11) is 2.27. The van der Waals surface area contributed by atoms with Crippen molar-refractivity contribution in [1.82, 2.24) is 15.2 Å². The van der Waals surface area contributed by atoms with Crippen LogP contribution in [0.25, 0.3) is 0 Å². The Bertz CT molecular complexity index is 995. The van der Waals surface area contributed by atoms with E-state index in [1.807, 2.05) is 48.7 Å². The molecular weight excluding hydrogens is 398 g/mol. The molecule has 0 spiro atoms. The van der Waals surface area contributed by atoms with Gasteiger partial charge in [0.25, 0.3) is 0 Å². The number of nitrogens with one attached hydrogen (secondary N) is 1. The average Bonchev–Trinajstić information content (AvgIpc) is 3.02. The van der Waals surface area contributed by atoms with Gasteiger partial charge < -0.3 is 19.7 Å². The third-order valence-electron chi connectivity index (χ3n) is 6.68. The molecule has 0 saturated carbocycles. The maximum Gasteiger partial charge on any atom is 0.219 e. The lowest BCUT2D eigenvalue weighted by Crippen LogP contribution is -2.43. The lowest BCUT2D eigenvalue weighted by Gasteiger charge is -2.36. The Kier molecular flexibility index (Phi) is 6.37. The third kappa shape index (κ3) is 5.12. The van der Waals surface area contributed by atoms with Crippen molar-refractivity contribution in [3.63, 3.8) is 0 Å². The molecule has 3 aromatic rings. The first-order valence-electron chi connectivity index (χ1n) is 11.6. The van der Waals surface area contributed by atoms with E-state index in [1.165, 1.54) is 18.4 Å². The fourth-order valence-corrected chi connectivity index (χ4v) is 4.92. The number of pyridine rings is 1. The van der Waals surface area contributed by atoms with Crippen molar-refractivity contribution >= 4 is 0 Å². The van der Waals surface area contributed by atoms with E-state index in [0.717, 1.165) is 43.0 Å². The van der Waals surface area contributed by atoms with E-state index in [1.54, 1.807) is 0 Å². The van der Waals surface area contributed by atoms with Crippen molar-refractivity contribution in [1.29, 1.82) is 0 Å². The molecule has 0 unspecified atom stereocenters. The van der Waals surface area contributed by atoms with Crippen molar-refractivity contribution in [3.8, 4) is 17.4 Å². The molecule has 2 aliphatic rings. The highest BCUT2D eigenvalue weighted by Gasteiger charge is 2.39. The number of hydrogen-bond acceptors (Lipinski definition) is 5. The van der Waals surface area contributed by atoms with Crippen molar-refractivity contribution in [2.75, 3.05) is 7.05 Å². The zero-order valence-corrected chi connectivity index (χ0v) is 18.6. The SMILES string of the molecule is CN1[C@@H]2CC[C@H]1C[C@H](Oc1cccc(CNCc3ccc(Oc4ccccc4)nc3)c1)C2. The molecule has 5 nitrogen and oxygen atoms in total. The van der Waals surface area contributed by atoms with E-state index in [9.17, 15) is 0 Å². The number of benzene rings is 2. The van der Waals surface area contributed by atoms with Crippen LogP contribution in [0.5, 0.6) is 17.4 Å². The van der Waals surface area contributed by atoms with Gasteiger partial charge >= 0.3 is 0 Å². The minimum atomic E-state index is 0.342. The Morgan fingerprint density at radius 3 is 2.38 bits per heavy atom. The second-order valence-electron chi connectivity index (χ2n) is 8.93. The molecule has 32 heavy (non-hydrogen) atoms. The highest BCUT2D eigenvalue weighted by molar-refractivity contribution is 5.29. The molecule has 3 heterocycles. The van der Waals surface area contributed by atoms with Crippen LogP contribution in [0.2, 0.25) is 0 Å². The molecule has 2 saturated heterocycles.